The molecule has 30 heavy (non-hydrogen) atoms. The second-order valence-corrected chi connectivity index (χ2v) is 9.90. The van der Waals surface area contributed by atoms with Crippen LogP contribution in [0.15, 0.2) is 89.8 Å². The highest BCUT2D eigenvalue weighted by molar-refractivity contribution is 7.89. The van der Waals surface area contributed by atoms with Crippen LogP contribution in [-0.4, -0.2) is 36.8 Å². The molecule has 1 saturated heterocycles. The van der Waals surface area contributed by atoms with Gasteiger partial charge < -0.3 is 0 Å². The van der Waals surface area contributed by atoms with Crippen LogP contribution in [-0.2, 0) is 23.1 Å². The number of hydrogen-bond donors (Lipinski definition) is 0. The fraction of sp³-hybridized carbons (Fsp3) is 0.280. The zero-order valence-electron chi connectivity index (χ0n) is 17.3. The molecule has 0 N–H and O–H groups in total. The molecule has 1 atom stereocenters. The summed E-state index contributed by atoms with van der Waals surface area (Å²) in [6.45, 7) is 4.85. The zero-order chi connectivity index (χ0) is 21.0. The Morgan fingerprint density at radius 2 is 1.47 bits per heavy atom. The normalized spacial score (nSPS) is 17.5. The molecule has 4 nitrogen and oxygen atoms in total. The van der Waals surface area contributed by atoms with E-state index in [1.54, 1.807) is 16.4 Å². The summed E-state index contributed by atoms with van der Waals surface area (Å²) in [5, 5.41) is 0. The van der Waals surface area contributed by atoms with Crippen molar-refractivity contribution >= 4 is 10.0 Å². The van der Waals surface area contributed by atoms with E-state index in [9.17, 15) is 8.42 Å². The Kier molecular flexibility index (Phi) is 6.32. The van der Waals surface area contributed by atoms with Crippen LogP contribution in [0, 0.1) is 6.92 Å². The Labute approximate surface area is 179 Å². The highest BCUT2D eigenvalue weighted by Gasteiger charge is 2.35. The molecule has 5 heteroatoms. The van der Waals surface area contributed by atoms with Crippen LogP contribution in [0.4, 0.5) is 0 Å². The maximum absolute atomic E-state index is 13.6. The van der Waals surface area contributed by atoms with Gasteiger partial charge in [0.25, 0.3) is 0 Å². The van der Waals surface area contributed by atoms with Gasteiger partial charge in [-0.2, -0.15) is 4.31 Å². The minimum Gasteiger partial charge on any atom is -0.297 e. The van der Waals surface area contributed by atoms with Gasteiger partial charge >= 0.3 is 0 Å². The lowest BCUT2D eigenvalue weighted by Gasteiger charge is -2.28. The van der Waals surface area contributed by atoms with Crippen molar-refractivity contribution in [3.63, 3.8) is 0 Å². The third kappa shape index (κ3) is 4.81. The molecule has 3 aromatic rings. The van der Waals surface area contributed by atoms with Crippen molar-refractivity contribution in [2.24, 2.45) is 0 Å². The van der Waals surface area contributed by atoms with Gasteiger partial charge in [0.15, 0.2) is 0 Å². The summed E-state index contributed by atoms with van der Waals surface area (Å²) in [6, 6.07) is 27.4. The molecule has 1 aliphatic rings. The van der Waals surface area contributed by atoms with Crippen molar-refractivity contribution in [3.05, 3.63) is 102 Å². The van der Waals surface area contributed by atoms with Gasteiger partial charge in [0.05, 0.1) is 4.90 Å². The van der Waals surface area contributed by atoms with Crippen molar-refractivity contribution in [2.45, 2.75) is 37.4 Å². The molecule has 1 unspecified atom stereocenters. The number of aryl methyl sites for hydroxylation is 1. The average molecular weight is 421 g/mol. The number of nitrogens with zero attached hydrogens (tertiary/aromatic N) is 2. The van der Waals surface area contributed by atoms with Crippen LogP contribution in [0.2, 0.25) is 0 Å². The van der Waals surface area contributed by atoms with Gasteiger partial charge in [-0.15, -0.1) is 0 Å². The van der Waals surface area contributed by atoms with Crippen molar-refractivity contribution in [1.82, 2.24) is 9.21 Å². The fourth-order valence-corrected chi connectivity index (χ4v) is 5.69. The maximum Gasteiger partial charge on any atom is 0.243 e. The predicted molar refractivity (Wildman–Crippen MR) is 120 cm³/mol. The van der Waals surface area contributed by atoms with E-state index in [2.05, 4.69) is 17.0 Å². The van der Waals surface area contributed by atoms with Gasteiger partial charge in [0.1, 0.15) is 0 Å². The van der Waals surface area contributed by atoms with E-state index in [0.717, 1.165) is 37.2 Å². The van der Waals surface area contributed by atoms with E-state index >= 15 is 0 Å². The Hall–Kier alpha value is -2.47. The molecule has 0 aromatic heterocycles. The molecular weight excluding hydrogens is 392 g/mol. The van der Waals surface area contributed by atoms with Gasteiger partial charge in [-0.3, -0.25) is 4.90 Å². The number of likely N-dealkylation sites (tertiary alicyclic amines) is 1. The first-order valence-corrected chi connectivity index (χ1v) is 11.8. The van der Waals surface area contributed by atoms with E-state index in [1.807, 2.05) is 67.6 Å². The van der Waals surface area contributed by atoms with Crippen LogP contribution in [0.3, 0.4) is 0 Å². The Morgan fingerprint density at radius 3 is 2.10 bits per heavy atom. The molecule has 1 heterocycles. The summed E-state index contributed by atoms with van der Waals surface area (Å²) < 4.78 is 28.9. The first-order valence-electron chi connectivity index (χ1n) is 10.4. The SMILES string of the molecule is Cc1ccc(S(=O)(=O)N(Cc2ccccc2)C2CCN(Cc3ccccc3)C2)cc1. The zero-order valence-corrected chi connectivity index (χ0v) is 18.1. The van der Waals surface area contributed by atoms with E-state index in [0.29, 0.717) is 11.4 Å². The van der Waals surface area contributed by atoms with Gasteiger partial charge in [-0.05, 0) is 36.6 Å². The number of hydrogen-bond acceptors (Lipinski definition) is 3. The second-order valence-electron chi connectivity index (χ2n) is 8.01. The molecule has 156 valence electrons. The Balaban J connectivity index is 1.58. The van der Waals surface area contributed by atoms with Gasteiger partial charge in [0.2, 0.25) is 10.0 Å². The molecule has 3 aromatic carbocycles. The average Bonchev–Trinajstić information content (AvgIpc) is 3.21. The van der Waals surface area contributed by atoms with Gasteiger partial charge in [-0.1, -0.05) is 78.4 Å². The lowest BCUT2D eigenvalue weighted by Crippen LogP contribution is -2.41. The van der Waals surface area contributed by atoms with E-state index in [1.165, 1.54) is 5.56 Å². The smallest absolute Gasteiger partial charge is 0.243 e. The largest absolute Gasteiger partial charge is 0.297 e. The standard InChI is InChI=1S/C25H28N2O2S/c1-21-12-14-25(15-13-21)30(28,29)27(19-23-10-6-3-7-11-23)24-16-17-26(20-24)18-22-8-4-2-5-9-22/h2-15,24H,16-20H2,1H3. The van der Waals surface area contributed by atoms with Gasteiger partial charge in [0, 0.05) is 32.2 Å². The predicted octanol–water partition coefficient (Wildman–Crippen LogP) is 4.46. The first-order chi connectivity index (χ1) is 14.5. The maximum atomic E-state index is 13.6. The van der Waals surface area contributed by atoms with Gasteiger partial charge in [-0.25, -0.2) is 8.42 Å². The quantitative estimate of drug-likeness (QED) is 0.567. The minimum absolute atomic E-state index is 0.0415. The molecule has 4 rings (SSSR count). The summed E-state index contributed by atoms with van der Waals surface area (Å²) >= 11 is 0. The van der Waals surface area contributed by atoms with Crippen LogP contribution >= 0.6 is 0 Å². The third-order valence-corrected chi connectivity index (χ3v) is 7.63. The summed E-state index contributed by atoms with van der Waals surface area (Å²) in [6.07, 6.45) is 0.838. The molecule has 0 bridgehead atoms. The molecule has 1 aliphatic heterocycles. The van der Waals surface area contributed by atoms with Crippen molar-refractivity contribution in [1.29, 1.82) is 0 Å². The molecule has 0 amide bonds. The monoisotopic (exact) mass is 420 g/mol. The van der Waals surface area contributed by atoms with Crippen LogP contribution in [0.5, 0.6) is 0 Å². The van der Waals surface area contributed by atoms with E-state index < -0.39 is 10.0 Å². The number of benzene rings is 3. The topological polar surface area (TPSA) is 40.6 Å². The summed E-state index contributed by atoms with van der Waals surface area (Å²) in [7, 11) is -3.59. The van der Waals surface area contributed by atoms with Crippen LogP contribution < -0.4 is 0 Å². The molecule has 1 fully saturated rings. The molecule has 0 spiro atoms. The number of sulfonamides is 1. The molecular formula is C25H28N2O2S. The van der Waals surface area contributed by atoms with E-state index in [-0.39, 0.29) is 6.04 Å². The van der Waals surface area contributed by atoms with Crippen LogP contribution in [0.1, 0.15) is 23.1 Å². The minimum atomic E-state index is -3.59. The summed E-state index contributed by atoms with van der Waals surface area (Å²) in [4.78, 5) is 2.72. The number of rotatable bonds is 7. The Morgan fingerprint density at radius 1 is 0.867 bits per heavy atom. The van der Waals surface area contributed by atoms with Crippen molar-refractivity contribution in [2.75, 3.05) is 13.1 Å². The highest BCUT2D eigenvalue weighted by atomic mass is 32.2. The van der Waals surface area contributed by atoms with Crippen molar-refractivity contribution < 1.29 is 8.42 Å². The van der Waals surface area contributed by atoms with Crippen LogP contribution in [0.25, 0.3) is 0 Å². The van der Waals surface area contributed by atoms with Crippen molar-refractivity contribution in [3.8, 4) is 0 Å². The molecule has 0 radical (unpaired) electrons. The Bertz CT molecular complexity index is 1050. The summed E-state index contributed by atoms with van der Waals surface area (Å²) in [5.74, 6) is 0. The highest BCUT2D eigenvalue weighted by Crippen LogP contribution is 2.27. The van der Waals surface area contributed by atoms with E-state index in [4.69, 9.17) is 0 Å². The first kappa shape index (κ1) is 20.8. The fourth-order valence-electron chi connectivity index (χ4n) is 4.05. The lowest BCUT2D eigenvalue weighted by molar-refractivity contribution is 0.276. The molecule has 0 saturated carbocycles. The molecule has 0 aliphatic carbocycles. The lowest BCUT2D eigenvalue weighted by atomic mass is 10.2. The summed E-state index contributed by atoms with van der Waals surface area (Å²) in [5.41, 5.74) is 3.32. The third-order valence-electron chi connectivity index (χ3n) is 5.71. The second kappa shape index (κ2) is 9.13.